The summed E-state index contributed by atoms with van der Waals surface area (Å²) in [4.78, 5) is 10.3. The Hall–Kier alpha value is -1.71. The van der Waals surface area contributed by atoms with Crippen molar-refractivity contribution in [1.29, 1.82) is 0 Å². The van der Waals surface area contributed by atoms with Crippen molar-refractivity contribution in [3.05, 3.63) is 17.7 Å². The van der Waals surface area contributed by atoms with E-state index in [1.165, 1.54) is 0 Å². The van der Waals surface area contributed by atoms with Gasteiger partial charge in [-0.05, 0) is 12.8 Å². The maximum absolute atomic E-state index is 10.3. The van der Waals surface area contributed by atoms with Crippen molar-refractivity contribution in [2.45, 2.75) is 19.3 Å². The Kier molecular flexibility index (Phi) is 5.33. The average Bonchev–Trinajstić information content (AvgIpc) is 2.38. The molecule has 1 rings (SSSR count). The van der Waals surface area contributed by atoms with Gasteiger partial charge in [-0.3, -0.25) is 0 Å². The highest BCUT2D eigenvalue weighted by molar-refractivity contribution is 5.52. The molecule has 1 aromatic carbocycles. The van der Waals surface area contributed by atoms with Crippen LogP contribution in [0.4, 0.5) is 0 Å². The molecule has 0 aliphatic rings. The van der Waals surface area contributed by atoms with Crippen molar-refractivity contribution in [1.82, 2.24) is 0 Å². The van der Waals surface area contributed by atoms with E-state index in [0.717, 1.165) is 36.2 Å². The first kappa shape index (κ1) is 13.4. The molecular formula is C13H18O4. The summed E-state index contributed by atoms with van der Waals surface area (Å²) in [5, 5.41) is 0. The molecule has 0 saturated carbocycles. The Bertz CT molecular complexity index is 349. The molecule has 0 heterocycles. The second kappa shape index (κ2) is 6.78. The molecule has 17 heavy (non-hydrogen) atoms. The molecule has 0 aliphatic carbocycles. The minimum Gasteiger partial charge on any atom is -0.496 e. The van der Waals surface area contributed by atoms with Crippen LogP contribution in [0, 0.1) is 0 Å². The summed E-state index contributed by atoms with van der Waals surface area (Å²) in [5.74, 6) is 2.15. The molecule has 1 aromatic rings. The van der Waals surface area contributed by atoms with Crippen molar-refractivity contribution < 1.29 is 19.0 Å². The fourth-order valence-corrected chi connectivity index (χ4v) is 1.69. The van der Waals surface area contributed by atoms with Gasteiger partial charge in [-0.1, -0.05) is 0 Å². The lowest BCUT2D eigenvalue weighted by Crippen LogP contribution is -1.99. The maximum atomic E-state index is 10.3. The predicted octanol–water partition coefficient (Wildman–Crippen LogP) is 2.23. The summed E-state index contributed by atoms with van der Waals surface area (Å²) in [6.45, 7) is 0. The van der Waals surface area contributed by atoms with E-state index in [0.29, 0.717) is 12.2 Å². The van der Waals surface area contributed by atoms with Gasteiger partial charge in [-0.15, -0.1) is 0 Å². The topological polar surface area (TPSA) is 44.8 Å². The van der Waals surface area contributed by atoms with Gasteiger partial charge in [0.05, 0.1) is 21.3 Å². The molecule has 0 atom stereocenters. The minimum absolute atomic E-state index is 0.540. The molecule has 0 bridgehead atoms. The highest BCUT2D eigenvalue weighted by Gasteiger charge is 2.12. The molecule has 0 unspecified atom stereocenters. The first-order chi connectivity index (χ1) is 8.26. The van der Waals surface area contributed by atoms with Crippen molar-refractivity contribution in [3.8, 4) is 17.2 Å². The van der Waals surface area contributed by atoms with Crippen molar-refractivity contribution >= 4 is 6.29 Å². The van der Waals surface area contributed by atoms with E-state index in [-0.39, 0.29) is 0 Å². The van der Waals surface area contributed by atoms with E-state index < -0.39 is 0 Å². The Morgan fingerprint density at radius 2 is 1.65 bits per heavy atom. The van der Waals surface area contributed by atoms with E-state index >= 15 is 0 Å². The number of hydrogen-bond donors (Lipinski definition) is 0. The van der Waals surface area contributed by atoms with Gasteiger partial charge in [-0.25, -0.2) is 0 Å². The van der Waals surface area contributed by atoms with Gasteiger partial charge in [0.2, 0.25) is 0 Å². The lowest BCUT2D eigenvalue weighted by Gasteiger charge is -2.14. The standard InChI is InChI=1S/C13H18O4/c1-15-10-8-12(16-2)11(6-4-5-7-14)13(9-10)17-3/h7-9H,4-6H2,1-3H3. The highest BCUT2D eigenvalue weighted by atomic mass is 16.5. The Morgan fingerprint density at radius 1 is 1.06 bits per heavy atom. The van der Waals surface area contributed by atoms with E-state index in [1.54, 1.807) is 21.3 Å². The zero-order valence-corrected chi connectivity index (χ0v) is 10.5. The van der Waals surface area contributed by atoms with Crippen LogP contribution < -0.4 is 14.2 Å². The number of hydrogen-bond acceptors (Lipinski definition) is 4. The van der Waals surface area contributed by atoms with Gasteiger partial charge >= 0.3 is 0 Å². The quantitative estimate of drug-likeness (QED) is 0.540. The number of carbonyl (C=O) groups excluding carboxylic acids is 1. The largest absolute Gasteiger partial charge is 0.496 e. The van der Waals surface area contributed by atoms with Crippen LogP contribution in [0.25, 0.3) is 0 Å². The van der Waals surface area contributed by atoms with Gasteiger partial charge in [-0.2, -0.15) is 0 Å². The van der Waals surface area contributed by atoms with Crippen LogP contribution in [0.15, 0.2) is 12.1 Å². The molecule has 94 valence electrons. The summed E-state index contributed by atoms with van der Waals surface area (Å²) in [7, 11) is 4.81. The first-order valence-corrected chi connectivity index (χ1v) is 5.49. The van der Waals surface area contributed by atoms with Crippen molar-refractivity contribution in [3.63, 3.8) is 0 Å². The molecule has 4 heteroatoms. The molecule has 0 aliphatic heterocycles. The molecule has 0 spiro atoms. The van der Waals surface area contributed by atoms with Crippen LogP contribution in [-0.4, -0.2) is 27.6 Å². The number of carbonyl (C=O) groups is 1. The summed E-state index contributed by atoms with van der Waals surface area (Å²) < 4.78 is 15.8. The molecule has 0 amide bonds. The molecule has 4 nitrogen and oxygen atoms in total. The maximum Gasteiger partial charge on any atom is 0.129 e. The molecule has 0 radical (unpaired) electrons. The summed E-state index contributed by atoms with van der Waals surface area (Å²) in [6, 6.07) is 3.64. The smallest absolute Gasteiger partial charge is 0.129 e. The first-order valence-electron chi connectivity index (χ1n) is 5.49. The molecule has 0 N–H and O–H groups in total. The van der Waals surface area contributed by atoms with E-state index in [4.69, 9.17) is 14.2 Å². The number of methoxy groups -OCH3 is 3. The van der Waals surface area contributed by atoms with Gasteiger partial charge in [0.1, 0.15) is 23.5 Å². The fourth-order valence-electron chi connectivity index (χ4n) is 1.69. The summed E-state index contributed by atoms with van der Waals surface area (Å²) in [6.07, 6.45) is 2.98. The average molecular weight is 238 g/mol. The van der Waals surface area contributed by atoms with Crippen LogP contribution in [0.3, 0.4) is 0 Å². The number of aldehydes is 1. The Labute approximate surface area is 101 Å². The number of unbranched alkanes of at least 4 members (excludes halogenated alkanes) is 1. The van der Waals surface area contributed by atoms with Crippen molar-refractivity contribution in [2.75, 3.05) is 21.3 Å². The van der Waals surface area contributed by atoms with E-state index in [9.17, 15) is 4.79 Å². The number of benzene rings is 1. The fraction of sp³-hybridized carbons (Fsp3) is 0.462. The zero-order chi connectivity index (χ0) is 12.7. The van der Waals surface area contributed by atoms with Crippen molar-refractivity contribution in [2.24, 2.45) is 0 Å². The lowest BCUT2D eigenvalue weighted by atomic mass is 10.1. The summed E-state index contributed by atoms with van der Waals surface area (Å²) >= 11 is 0. The van der Waals surface area contributed by atoms with Gasteiger partial charge in [0, 0.05) is 24.1 Å². The number of ether oxygens (including phenoxy) is 3. The highest BCUT2D eigenvalue weighted by Crippen LogP contribution is 2.34. The molecule has 0 fully saturated rings. The van der Waals surface area contributed by atoms with Gasteiger partial charge < -0.3 is 19.0 Å². The van der Waals surface area contributed by atoms with Gasteiger partial charge in [0.15, 0.2) is 0 Å². The third-order valence-electron chi connectivity index (χ3n) is 2.57. The normalized spacial score (nSPS) is 9.82. The second-order valence-corrected chi connectivity index (χ2v) is 3.57. The third kappa shape index (κ3) is 3.37. The van der Waals surface area contributed by atoms with Crippen LogP contribution in [0.2, 0.25) is 0 Å². The van der Waals surface area contributed by atoms with E-state index in [1.807, 2.05) is 12.1 Å². The Morgan fingerprint density at radius 3 is 2.06 bits per heavy atom. The SMILES string of the molecule is COc1cc(OC)c(CCCC=O)c(OC)c1. The monoisotopic (exact) mass is 238 g/mol. The van der Waals surface area contributed by atoms with Crippen LogP contribution in [-0.2, 0) is 11.2 Å². The van der Waals surface area contributed by atoms with Crippen LogP contribution in [0.5, 0.6) is 17.2 Å². The third-order valence-corrected chi connectivity index (χ3v) is 2.57. The predicted molar refractivity (Wildman–Crippen MR) is 65.1 cm³/mol. The molecule has 0 saturated heterocycles. The van der Waals surface area contributed by atoms with Gasteiger partial charge in [0.25, 0.3) is 0 Å². The molecule has 0 aromatic heterocycles. The second-order valence-electron chi connectivity index (χ2n) is 3.57. The minimum atomic E-state index is 0.540. The summed E-state index contributed by atoms with van der Waals surface area (Å²) in [5.41, 5.74) is 0.970. The number of rotatable bonds is 7. The van der Waals surface area contributed by atoms with Crippen LogP contribution in [0.1, 0.15) is 18.4 Å². The van der Waals surface area contributed by atoms with Crippen LogP contribution >= 0.6 is 0 Å². The lowest BCUT2D eigenvalue weighted by molar-refractivity contribution is -0.107. The zero-order valence-electron chi connectivity index (χ0n) is 10.5. The Balaban J connectivity index is 3.01. The molecular weight excluding hydrogens is 220 g/mol. The van der Waals surface area contributed by atoms with E-state index in [2.05, 4.69) is 0 Å².